The second-order valence-electron chi connectivity index (χ2n) is 4.74. The van der Waals surface area contributed by atoms with Crippen LogP contribution in [0.1, 0.15) is 19.4 Å². The van der Waals surface area contributed by atoms with Gasteiger partial charge in [0, 0.05) is 24.2 Å². The molecule has 0 amide bonds. The van der Waals surface area contributed by atoms with Crippen LogP contribution in [0.3, 0.4) is 0 Å². The number of hydrogen-bond acceptors (Lipinski definition) is 6. The molecule has 1 heterocycles. The third-order valence-electron chi connectivity index (χ3n) is 3.36. The SMILES string of the molecule is CCN(CC)c1cnnc(Nc2cc(C)c(Cl)cc2OC)n1. The Balaban J connectivity index is 2.31. The van der Waals surface area contributed by atoms with E-state index < -0.39 is 0 Å². The van der Waals surface area contributed by atoms with E-state index in [1.807, 2.05) is 13.0 Å². The number of anilines is 3. The van der Waals surface area contributed by atoms with Crippen molar-refractivity contribution >= 4 is 29.1 Å². The molecule has 0 atom stereocenters. The van der Waals surface area contributed by atoms with Crippen molar-refractivity contribution < 1.29 is 4.74 Å². The summed E-state index contributed by atoms with van der Waals surface area (Å²) >= 11 is 6.11. The standard InChI is InChI=1S/C15H20ClN5O/c1-5-21(6-2)14-9-17-20-15(19-14)18-12-7-10(3)11(16)8-13(12)22-4/h7-9H,5-6H2,1-4H3,(H,18,19,20). The molecular weight excluding hydrogens is 302 g/mol. The summed E-state index contributed by atoms with van der Waals surface area (Å²) in [6.07, 6.45) is 1.66. The van der Waals surface area contributed by atoms with Crippen molar-refractivity contribution in [3.63, 3.8) is 0 Å². The van der Waals surface area contributed by atoms with Crippen molar-refractivity contribution in [1.82, 2.24) is 15.2 Å². The predicted octanol–water partition coefficient (Wildman–Crippen LogP) is 3.43. The zero-order chi connectivity index (χ0) is 16.1. The van der Waals surface area contributed by atoms with E-state index in [2.05, 4.69) is 39.2 Å². The van der Waals surface area contributed by atoms with Crippen molar-refractivity contribution in [2.24, 2.45) is 0 Å². The third kappa shape index (κ3) is 3.57. The first-order valence-corrected chi connectivity index (χ1v) is 7.52. The van der Waals surface area contributed by atoms with E-state index in [-0.39, 0.29) is 0 Å². The molecule has 2 aromatic rings. The highest BCUT2D eigenvalue weighted by atomic mass is 35.5. The fraction of sp³-hybridized carbons (Fsp3) is 0.400. The van der Waals surface area contributed by atoms with Gasteiger partial charge in [-0.05, 0) is 32.4 Å². The van der Waals surface area contributed by atoms with Crippen LogP contribution in [0.15, 0.2) is 18.3 Å². The van der Waals surface area contributed by atoms with Gasteiger partial charge in [-0.25, -0.2) is 0 Å². The highest BCUT2D eigenvalue weighted by molar-refractivity contribution is 6.31. The molecule has 0 aliphatic heterocycles. The number of methoxy groups -OCH3 is 1. The number of nitrogens with zero attached hydrogens (tertiary/aromatic N) is 4. The molecule has 0 fully saturated rings. The summed E-state index contributed by atoms with van der Waals surface area (Å²) in [5.41, 5.74) is 1.70. The van der Waals surface area contributed by atoms with Crippen molar-refractivity contribution in [3.05, 3.63) is 28.9 Å². The van der Waals surface area contributed by atoms with Gasteiger partial charge in [0.2, 0.25) is 5.95 Å². The van der Waals surface area contributed by atoms with Crippen LogP contribution in [0.2, 0.25) is 5.02 Å². The summed E-state index contributed by atoms with van der Waals surface area (Å²) in [5.74, 6) is 1.84. The van der Waals surface area contributed by atoms with Crippen LogP contribution < -0.4 is 15.0 Å². The van der Waals surface area contributed by atoms with Gasteiger partial charge in [0.05, 0.1) is 19.0 Å². The van der Waals surface area contributed by atoms with Crippen molar-refractivity contribution in [3.8, 4) is 5.75 Å². The van der Waals surface area contributed by atoms with E-state index in [9.17, 15) is 0 Å². The van der Waals surface area contributed by atoms with Gasteiger partial charge >= 0.3 is 0 Å². The average Bonchev–Trinajstić information content (AvgIpc) is 2.52. The minimum atomic E-state index is 0.421. The molecule has 0 saturated heterocycles. The summed E-state index contributed by atoms with van der Waals surface area (Å²) in [6, 6.07) is 3.66. The maximum absolute atomic E-state index is 6.11. The zero-order valence-electron chi connectivity index (χ0n) is 13.2. The maximum Gasteiger partial charge on any atom is 0.249 e. The molecule has 1 aromatic carbocycles. The Hall–Kier alpha value is -2.08. The molecule has 0 bridgehead atoms. The molecule has 7 heteroatoms. The lowest BCUT2D eigenvalue weighted by atomic mass is 10.2. The summed E-state index contributed by atoms with van der Waals surface area (Å²) in [4.78, 5) is 6.59. The fourth-order valence-electron chi connectivity index (χ4n) is 2.10. The maximum atomic E-state index is 6.11. The quantitative estimate of drug-likeness (QED) is 0.879. The molecule has 1 N–H and O–H groups in total. The molecule has 0 aliphatic rings. The van der Waals surface area contributed by atoms with Gasteiger partial charge in [-0.3, -0.25) is 0 Å². The van der Waals surface area contributed by atoms with Crippen molar-refractivity contribution in [2.45, 2.75) is 20.8 Å². The van der Waals surface area contributed by atoms with Crippen LogP contribution in [0.4, 0.5) is 17.5 Å². The van der Waals surface area contributed by atoms with E-state index in [1.54, 1.807) is 19.4 Å². The monoisotopic (exact) mass is 321 g/mol. The van der Waals surface area contributed by atoms with Gasteiger partial charge in [0.1, 0.15) is 5.75 Å². The number of aromatic nitrogens is 3. The molecule has 6 nitrogen and oxygen atoms in total. The van der Waals surface area contributed by atoms with Gasteiger partial charge < -0.3 is 15.0 Å². The molecule has 0 saturated carbocycles. The minimum Gasteiger partial charge on any atom is -0.495 e. The number of aryl methyl sites for hydroxylation is 1. The largest absolute Gasteiger partial charge is 0.495 e. The molecule has 22 heavy (non-hydrogen) atoms. The highest BCUT2D eigenvalue weighted by Crippen LogP contribution is 2.32. The molecule has 1 aromatic heterocycles. The van der Waals surface area contributed by atoms with Crippen LogP contribution in [0.25, 0.3) is 0 Å². The van der Waals surface area contributed by atoms with Crippen LogP contribution in [0, 0.1) is 6.92 Å². The Kier molecular flexibility index (Phi) is 5.38. The second kappa shape index (κ2) is 7.26. The molecular formula is C15H20ClN5O. The Bertz CT molecular complexity index is 646. The van der Waals surface area contributed by atoms with Gasteiger partial charge in [-0.15, -0.1) is 5.10 Å². The van der Waals surface area contributed by atoms with Gasteiger partial charge in [-0.2, -0.15) is 10.1 Å². The van der Waals surface area contributed by atoms with Gasteiger partial charge in [0.15, 0.2) is 5.82 Å². The van der Waals surface area contributed by atoms with Gasteiger partial charge in [0.25, 0.3) is 0 Å². The Labute approximate surface area is 135 Å². The molecule has 118 valence electrons. The number of hydrogen-bond donors (Lipinski definition) is 1. The normalized spacial score (nSPS) is 10.4. The minimum absolute atomic E-state index is 0.421. The average molecular weight is 322 g/mol. The lowest BCUT2D eigenvalue weighted by molar-refractivity contribution is 0.416. The lowest BCUT2D eigenvalue weighted by Crippen LogP contribution is -2.23. The number of halogens is 1. The number of ether oxygens (including phenoxy) is 1. The van der Waals surface area contributed by atoms with Gasteiger partial charge in [-0.1, -0.05) is 11.6 Å². The van der Waals surface area contributed by atoms with E-state index >= 15 is 0 Å². The van der Waals surface area contributed by atoms with Crippen LogP contribution >= 0.6 is 11.6 Å². The topological polar surface area (TPSA) is 63.2 Å². The van der Waals surface area contributed by atoms with Crippen molar-refractivity contribution in [2.75, 3.05) is 30.4 Å². The lowest BCUT2D eigenvalue weighted by Gasteiger charge is -2.19. The number of rotatable bonds is 6. The fourth-order valence-corrected chi connectivity index (χ4v) is 2.25. The molecule has 0 radical (unpaired) electrons. The predicted molar refractivity (Wildman–Crippen MR) is 89.4 cm³/mol. The van der Waals surface area contributed by atoms with E-state index in [1.165, 1.54) is 0 Å². The highest BCUT2D eigenvalue weighted by Gasteiger charge is 2.11. The Morgan fingerprint density at radius 1 is 1.27 bits per heavy atom. The Morgan fingerprint density at radius 3 is 2.64 bits per heavy atom. The van der Waals surface area contributed by atoms with E-state index in [4.69, 9.17) is 16.3 Å². The second-order valence-corrected chi connectivity index (χ2v) is 5.14. The first kappa shape index (κ1) is 16.3. The first-order chi connectivity index (χ1) is 10.6. The first-order valence-electron chi connectivity index (χ1n) is 7.14. The van der Waals surface area contributed by atoms with Crippen LogP contribution in [-0.2, 0) is 0 Å². The summed E-state index contributed by atoms with van der Waals surface area (Å²) in [5, 5.41) is 11.8. The van der Waals surface area contributed by atoms with E-state index in [0.29, 0.717) is 16.7 Å². The summed E-state index contributed by atoms with van der Waals surface area (Å²) in [7, 11) is 1.59. The molecule has 0 aliphatic carbocycles. The Morgan fingerprint density at radius 2 is 2.00 bits per heavy atom. The smallest absolute Gasteiger partial charge is 0.249 e. The van der Waals surface area contributed by atoms with Crippen molar-refractivity contribution in [1.29, 1.82) is 0 Å². The zero-order valence-corrected chi connectivity index (χ0v) is 14.0. The molecule has 2 rings (SSSR count). The molecule has 0 spiro atoms. The number of benzene rings is 1. The molecule has 0 unspecified atom stereocenters. The third-order valence-corrected chi connectivity index (χ3v) is 3.77. The van der Waals surface area contributed by atoms with E-state index in [0.717, 1.165) is 30.2 Å². The summed E-state index contributed by atoms with van der Waals surface area (Å²) < 4.78 is 5.34. The van der Waals surface area contributed by atoms with Crippen LogP contribution in [0.5, 0.6) is 5.75 Å². The summed E-state index contributed by atoms with van der Waals surface area (Å²) in [6.45, 7) is 7.79. The van der Waals surface area contributed by atoms with Crippen LogP contribution in [-0.4, -0.2) is 35.4 Å². The number of nitrogens with one attached hydrogen (secondary N) is 1.